The van der Waals surface area contributed by atoms with Crippen molar-refractivity contribution in [2.45, 2.75) is 4.90 Å². The third-order valence-corrected chi connectivity index (χ3v) is 4.98. The fourth-order valence-corrected chi connectivity index (χ4v) is 3.30. The molecule has 116 valence electrons. The molecule has 0 saturated carbocycles. The molecule has 22 heavy (non-hydrogen) atoms. The lowest BCUT2D eigenvalue weighted by Crippen LogP contribution is -2.14. The molecular formula is C12H7Cl3N2O4S. The second-order valence-corrected chi connectivity index (χ2v) is 7.01. The lowest BCUT2D eigenvalue weighted by atomic mass is 10.3. The van der Waals surface area contributed by atoms with E-state index in [-0.39, 0.29) is 20.8 Å². The molecule has 0 atom stereocenters. The van der Waals surface area contributed by atoms with Crippen LogP contribution in [0.5, 0.6) is 0 Å². The first-order valence-electron chi connectivity index (χ1n) is 5.62. The van der Waals surface area contributed by atoms with Gasteiger partial charge >= 0.3 is 0 Å². The van der Waals surface area contributed by atoms with Crippen molar-refractivity contribution in [3.63, 3.8) is 0 Å². The number of anilines is 1. The fraction of sp³-hybridized carbons (Fsp3) is 0. The molecule has 0 heterocycles. The number of sulfonamides is 1. The van der Waals surface area contributed by atoms with E-state index in [0.717, 1.165) is 12.1 Å². The first-order chi connectivity index (χ1) is 10.2. The summed E-state index contributed by atoms with van der Waals surface area (Å²) < 4.78 is 26.8. The largest absolute Gasteiger partial charge is 0.291 e. The Hall–Kier alpha value is -1.54. The van der Waals surface area contributed by atoms with Crippen molar-refractivity contribution >= 4 is 56.2 Å². The lowest BCUT2D eigenvalue weighted by molar-refractivity contribution is -0.387. The average Bonchev–Trinajstić information content (AvgIpc) is 2.42. The van der Waals surface area contributed by atoms with E-state index in [2.05, 4.69) is 4.72 Å². The number of rotatable bonds is 4. The minimum absolute atomic E-state index is 0.0557. The Labute approximate surface area is 140 Å². The van der Waals surface area contributed by atoms with Crippen LogP contribution in [0.4, 0.5) is 11.4 Å². The van der Waals surface area contributed by atoms with Gasteiger partial charge in [-0.25, -0.2) is 8.42 Å². The number of halogens is 3. The molecule has 0 fully saturated rings. The summed E-state index contributed by atoms with van der Waals surface area (Å²) in [4.78, 5) is 9.66. The van der Waals surface area contributed by atoms with Crippen molar-refractivity contribution < 1.29 is 13.3 Å². The normalized spacial score (nSPS) is 11.2. The molecule has 6 nitrogen and oxygen atoms in total. The maximum Gasteiger partial charge on any atom is 0.291 e. The molecule has 0 bridgehead atoms. The Kier molecular flexibility index (Phi) is 4.81. The van der Waals surface area contributed by atoms with E-state index in [9.17, 15) is 18.5 Å². The first-order valence-corrected chi connectivity index (χ1v) is 8.24. The van der Waals surface area contributed by atoms with Crippen molar-refractivity contribution in [2.75, 3.05) is 4.72 Å². The van der Waals surface area contributed by atoms with E-state index in [1.165, 1.54) is 24.3 Å². The van der Waals surface area contributed by atoms with E-state index in [0.29, 0.717) is 0 Å². The smallest absolute Gasteiger partial charge is 0.279 e. The van der Waals surface area contributed by atoms with Gasteiger partial charge in [-0.1, -0.05) is 34.8 Å². The number of hydrogen-bond donors (Lipinski definition) is 1. The molecule has 0 spiro atoms. The predicted molar refractivity (Wildman–Crippen MR) is 85.4 cm³/mol. The van der Waals surface area contributed by atoms with Crippen LogP contribution in [-0.2, 0) is 10.0 Å². The van der Waals surface area contributed by atoms with Crippen LogP contribution in [0.25, 0.3) is 0 Å². The Bertz CT molecular complexity index is 855. The number of nitrogens with zero attached hydrogens (tertiary/aromatic N) is 1. The predicted octanol–water partition coefficient (Wildman–Crippen LogP) is 4.36. The highest BCUT2D eigenvalue weighted by Crippen LogP contribution is 2.30. The highest BCUT2D eigenvalue weighted by atomic mass is 35.5. The van der Waals surface area contributed by atoms with E-state index in [1.807, 2.05) is 0 Å². The first kappa shape index (κ1) is 16.8. The molecule has 0 aliphatic rings. The second-order valence-electron chi connectivity index (χ2n) is 4.10. The van der Waals surface area contributed by atoms with Crippen molar-refractivity contribution in [3.05, 3.63) is 61.6 Å². The molecule has 0 amide bonds. The molecular weight excluding hydrogens is 375 g/mol. The molecule has 1 N–H and O–H groups in total. The monoisotopic (exact) mass is 380 g/mol. The van der Waals surface area contributed by atoms with Gasteiger partial charge in [-0.3, -0.25) is 14.8 Å². The Morgan fingerprint density at radius 2 is 1.68 bits per heavy atom. The van der Waals surface area contributed by atoms with Crippen LogP contribution in [0, 0.1) is 10.1 Å². The zero-order chi connectivity index (χ0) is 16.5. The van der Waals surface area contributed by atoms with Crippen LogP contribution in [0.1, 0.15) is 0 Å². The summed E-state index contributed by atoms with van der Waals surface area (Å²) in [5, 5.41) is 11.4. The zero-order valence-corrected chi connectivity index (χ0v) is 13.7. The van der Waals surface area contributed by atoms with E-state index >= 15 is 0 Å². The summed E-state index contributed by atoms with van der Waals surface area (Å²) in [7, 11) is -4.19. The van der Waals surface area contributed by atoms with Gasteiger partial charge in [0, 0.05) is 11.1 Å². The van der Waals surface area contributed by atoms with Crippen LogP contribution in [0.15, 0.2) is 41.3 Å². The number of hydrogen-bond acceptors (Lipinski definition) is 4. The number of nitro benzene ring substituents is 1. The van der Waals surface area contributed by atoms with Gasteiger partial charge in [0.1, 0.15) is 0 Å². The summed E-state index contributed by atoms with van der Waals surface area (Å²) in [5.74, 6) is 0. The lowest BCUT2D eigenvalue weighted by Gasteiger charge is -2.09. The van der Waals surface area contributed by atoms with Gasteiger partial charge in [0.15, 0.2) is 4.90 Å². The Morgan fingerprint density at radius 1 is 1.00 bits per heavy atom. The van der Waals surface area contributed by atoms with Crippen molar-refractivity contribution in [3.8, 4) is 0 Å². The van der Waals surface area contributed by atoms with Gasteiger partial charge in [-0.15, -0.1) is 0 Å². The molecule has 10 heteroatoms. The van der Waals surface area contributed by atoms with Crippen molar-refractivity contribution in [2.24, 2.45) is 0 Å². The summed E-state index contributed by atoms with van der Waals surface area (Å²) >= 11 is 17.2. The van der Waals surface area contributed by atoms with Gasteiger partial charge in [-0.05, 0) is 30.3 Å². The summed E-state index contributed by atoms with van der Waals surface area (Å²) in [5.41, 5.74) is -0.501. The molecule has 0 unspecified atom stereocenters. The Morgan fingerprint density at radius 3 is 2.27 bits per heavy atom. The summed E-state index contributed by atoms with van der Waals surface area (Å²) in [6.45, 7) is 0. The quantitative estimate of drug-likeness (QED) is 0.629. The topological polar surface area (TPSA) is 89.3 Å². The van der Waals surface area contributed by atoms with E-state index in [4.69, 9.17) is 34.8 Å². The van der Waals surface area contributed by atoms with Crippen LogP contribution in [0.3, 0.4) is 0 Å². The van der Waals surface area contributed by atoms with Gasteiger partial charge in [-0.2, -0.15) is 0 Å². The van der Waals surface area contributed by atoms with Gasteiger partial charge in [0.2, 0.25) is 0 Å². The average molecular weight is 382 g/mol. The van der Waals surface area contributed by atoms with Gasteiger partial charge in [0.25, 0.3) is 15.7 Å². The number of benzene rings is 2. The van der Waals surface area contributed by atoms with Gasteiger partial charge in [0.05, 0.1) is 20.7 Å². The summed E-state index contributed by atoms with van der Waals surface area (Å²) in [6, 6.07) is 7.35. The van der Waals surface area contributed by atoms with Crippen molar-refractivity contribution in [1.82, 2.24) is 0 Å². The Balaban J connectivity index is 2.47. The molecule has 2 aromatic carbocycles. The third-order valence-electron chi connectivity index (χ3n) is 2.58. The van der Waals surface area contributed by atoms with Crippen LogP contribution in [0.2, 0.25) is 15.1 Å². The van der Waals surface area contributed by atoms with Crippen molar-refractivity contribution in [1.29, 1.82) is 0 Å². The molecule has 2 aromatic rings. The fourth-order valence-electron chi connectivity index (χ4n) is 1.63. The number of nitrogens with one attached hydrogen (secondary N) is 1. The summed E-state index contributed by atoms with van der Waals surface area (Å²) in [6.07, 6.45) is 0. The molecule has 0 aromatic heterocycles. The third kappa shape index (κ3) is 3.61. The minimum atomic E-state index is -4.19. The van der Waals surface area contributed by atoms with Crippen LogP contribution >= 0.6 is 34.8 Å². The van der Waals surface area contributed by atoms with Gasteiger partial charge < -0.3 is 0 Å². The highest BCUT2D eigenvalue weighted by Gasteiger charge is 2.26. The standard InChI is InChI=1S/C12H7Cl3N2O4S/c13-7-1-4-12(11(5-7)17(18)19)22(20,21)16-8-2-3-9(14)10(15)6-8/h1-6,16H. The van der Waals surface area contributed by atoms with E-state index in [1.54, 1.807) is 0 Å². The zero-order valence-electron chi connectivity index (χ0n) is 10.6. The molecule has 0 saturated heterocycles. The van der Waals surface area contributed by atoms with E-state index < -0.39 is 25.5 Å². The van der Waals surface area contributed by atoms with Crippen LogP contribution in [-0.4, -0.2) is 13.3 Å². The van der Waals surface area contributed by atoms with Crippen LogP contribution < -0.4 is 4.72 Å². The maximum atomic E-state index is 12.3. The highest BCUT2D eigenvalue weighted by molar-refractivity contribution is 7.92. The minimum Gasteiger partial charge on any atom is -0.279 e. The molecule has 0 aliphatic heterocycles. The number of nitro groups is 1. The molecule has 0 radical (unpaired) electrons. The second kappa shape index (κ2) is 6.29. The molecule has 2 rings (SSSR count). The SMILES string of the molecule is O=[N+]([O-])c1cc(Cl)ccc1S(=O)(=O)Nc1ccc(Cl)c(Cl)c1. The maximum absolute atomic E-state index is 12.3. The molecule has 0 aliphatic carbocycles.